The van der Waals surface area contributed by atoms with Gasteiger partial charge in [-0.1, -0.05) is 11.6 Å². The van der Waals surface area contributed by atoms with E-state index in [-0.39, 0.29) is 35.6 Å². The molecule has 0 saturated carbocycles. The van der Waals surface area contributed by atoms with Gasteiger partial charge in [0.05, 0.1) is 5.39 Å². The van der Waals surface area contributed by atoms with E-state index in [9.17, 15) is 14.7 Å². The van der Waals surface area contributed by atoms with Gasteiger partial charge in [0.25, 0.3) is 5.91 Å². The van der Waals surface area contributed by atoms with Crippen molar-refractivity contribution in [3.63, 3.8) is 0 Å². The fourth-order valence-corrected chi connectivity index (χ4v) is 4.43. The Morgan fingerprint density at radius 3 is 2.69 bits per heavy atom. The summed E-state index contributed by atoms with van der Waals surface area (Å²) in [4.78, 5) is 30.2. The summed E-state index contributed by atoms with van der Waals surface area (Å²) in [5, 5.41) is 12.6. The molecule has 9 heteroatoms. The monoisotopic (exact) mass is 456 g/mol. The molecule has 32 heavy (non-hydrogen) atoms. The van der Waals surface area contributed by atoms with E-state index in [1.54, 1.807) is 30.3 Å². The topological polar surface area (TPSA) is 92.5 Å². The van der Waals surface area contributed by atoms with Crippen LogP contribution >= 0.6 is 11.6 Å². The van der Waals surface area contributed by atoms with Gasteiger partial charge in [-0.25, -0.2) is 0 Å². The molecule has 8 nitrogen and oxygen atoms in total. The number of nitrogens with zero attached hydrogens (tertiary/aromatic N) is 2. The first-order valence-corrected chi connectivity index (χ1v) is 10.5. The minimum atomic E-state index is -2.03. The highest BCUT2D eigenvalue weighted by molar-refractivity contribution is 6.31. The number of aliphatic hydroxyl groups is 1. The lowest BCUT2D eigenvalue weighted by atomic mass is 9.94. The zero-order valence-electron chi connectivity index (χ0n) is 17.6. The Hall–Kier alpha value is -3.07. The number of amides is 1. The third kappa shape index (κ3) is 3.06. The van der Waals surface area contributed by atoms with Gasteiger partial charge in [0.1, 0.15) is 11.1 Å². The number of hydrogen-bond acceptors (Lipinski definition) is 7. The average molecular weight is 457 g/mol. The molecule has 0 aliphatic carbocycles. The van der Waals surface area contributed by atoms with E-state index >= 15 is 0 Å². The van der Waals surface area contributed by atoms with Crippen LogP contribution in [-0.2, 0) is 5.72 Å². The van der Waals surface area contributed by atoms with Crippen molar-refractivity contribution in [3.05, 3.63) is 68.5 Å². The fraction of sp³-hybridized carbons (Fsp3) is 0.304. The van der Waals surface area contributed by atoms with Gasteiger partial charge in [-0.2, -0.15) is 0 Å². The largest absolute Gasteiger partial charge is 0.454 e. The Morgan fingerprint density at radius 2 is 1.91 bits per heavy atom. The van der Waals surface area contributed by atoms with Crippen LogP contribution in [0, 0.1) is 0 Å². The summed E-state index contributed by atoms with van der Waals surface area (Å²) in [6, 6.07) is 9.46. The van der Waals surface area contributed by atoms with E-state index < -0.39 is 17.1 Å². The first-order valence-electron chi connectivity index (χ1n) is 10.2. The molecule has 0 fully saturated rings. The molecular weight excluding hydrogens is 436 g/mol. The van der Waals surface area contributed by atoms with Crippen molar-refractivity contribution in [2.75, 3.05) is 34.0 Å². The van der Waals surface area contributed by atoms with E-state index in [1.807, 2.05) is 19.0 Å². The second-order valence-corrected chi connectivity index (χ2v) is 8.57. The average Bonchev–Trinajstić information content (AvgIpc) is 3.31. The lowest BCUT2D eigenvalue weighted by molar-refractivity contribution is -0.0513. The quantitative estimate of drug-likeness (QED) is 0.631. The minimum absolute atomic E-state index is 0.0601. The van der Waals surface area contributed by atoms with Crippen molar-refractivity contribution in [1.82, 2.24) is 9.80 Å². The van der Waals surface area contributed by atoms with Crippen molar-refractivity contribution in [2.24, 2.45) is 0 Å². The molecule has 3 heterocycles. The van der Waals surface area contributed by atoms with Crippen LogP contribution in [0.1, 0.15) is 28.1 Å². The molecule has 1 N–H and O–H groups in total. The molecule has 2 aliphatic heterocycles. The van der Waals surface area contributed by atoms with Crippen LogP contribution < -0.4 is 14.9 Å². The summed E-state index contributed by atoms with van der Waals surface area (Å²) in [6.45, 7) is 0.962. The highest BCUT2D eigenvalue weighted by Gasteiger charge is 2.54. The number of benzene rings is 2. The second-order valence-electron chi connectivity index (χ2n) is 8.13. The smallest absolute Gasteiger partial charge is 0.293 e. The van der Waals surface area contributed by atoms with Gasteiger partial charge in [-0.05, 0) is 63.5 Å². The highest BCUT2D eigenvalue weighted by atomic mass is 35.5. The van der Waals surface area contributed by atoms with Crippen molar-refractivity contribution < 1.29 is 23.8 Å². The van der Waals surface area contributed by atoms with Gasteiger partial charge in [0.2, 0.25) is 23.7 Å². The highest BCUT2D eigenvalue weighted by Crippen LogP contribution is 2.44. The van der Waals surface area contributed by atoms with E-state index in [1.165, 1.54) is 11.0 Å². The molecule has 0 radical (unpaired) electrons. The summed E-state index contributed by atoms with van der Waals surface area (Å²) in [6.07, 6.45) is 0.582. The zero-order chi connectivity index (χ0) is 22.6. The third-order valence-corrected chi connectivity index (χ3v) is 6.03. The number of fused-ring (bicyclic) bond motifs is 3. The Labute approximate surface area is 188 Å². The van der Waals surface area contributed by atoms with Crippen LogP contribution in [0.2, 0.25) is 5.02 Å². The van der Waals surface area contributed by atoms with Crippen molar-refractivity contribution in [1.29, 1.82) is 0 Å². The van der Waals surface area contributed by atoms with E-state index in [4.69, 9.17) is 25.5 Å². The molecule has 2 aliphatic rings. The summed E-state index contributed by atoms with van der Waals surface area (Å²) < 4.78 is 16.7. The number of rotatable bonds is 5. The molecule has 0 bridgehead atoms. The van der Waals surface area contributed by atoms with Crippen molar-refractivity contribution >= 4 is 28.5 Å². The Morgan fingerprint density at radius 1 is 1.12 bits per heavy atom. The number of carbonyl (C=O) groups is 1. The SMILES string of the molecule is CN(C)CCCN1C(=O)c2oc3ccc(Cl)cc3c(=O)c2C1(O)c1ccc2c(c1)OCO2. The van der Waals surface area contributed by atoms with Gasteiger partial charge in [0, 0.05) is 17.1 Å². The van der Waals surface area contributed by atoms with E-state index in [0.29, 0.717) is 35.1 Å². The number of hydrogen-bond donors (Lipinski definition) is 1. The van der Waals surface area contributed by atoms with E-state index in [2.05, 4.69) is 0 Å². The lowest BCUT2D eigenvalue weighted by Gasteiger charge is -2.34. The van der Waals surface area contributed by atoms with E-state index in [0.717, 1.165) is 0 Å². The summed E-state index contributed by atoms with van der Waals surface area (Å²) >= 11 is 6.09. The Bertz CT molecular complexity index is 1300. The fourth-order valence-electron chi connectivity index (χ4n) is 4.26. The zero-order valence-corrected chi connectivity index (χ0v) is 18.3. The van der Waals surface area contributed by atoms with Gasteiger partial charge >= 0.3 is 0 Å². The van der Waals surface area contributed by atoms with Crippen LogP contribution in [0.4, 0.5) is 0 Å². The second kappa shape index (κ2) is 7.51. The standard InChI is InChI=1S/C23H21ClN2O6/c1-25(2)8-3-9-26-22(28)21-19(20(27)15-11-14(24)5-7-16(15)32-21)23(26,29)13-4-6-17-18(10-13)31-12-30-17/h4-7,10-11,29H,3,8-9,12H2,1-2H3. The van der Waals surface area contributed by atoms with Crippen LogP contribution in [-0.4, -0.2) is 54.8 Å². The molecule has 166 valence electrons. The maximum atomic E-state index is 13.5. The molecule has 5 rings (SSSR count). The number of ether oxygens (including phenoxy) is 2. The van der Waals surface area contributed by atoms with Crippen LogP contribution in [0.3, 0.4) is 0 Å². The molecule has 3 aromatic rings. The predicted octanol–water partition coefficient (Wildman–Crippen LogP) is 2.78. The van der Waals surface area contributed by atoms with Crippen LogP contribution in [0.25, 0.3) is 11.0 Å². The molecule has 0 spiro atoms. The minimum Gasteiger partial charge on any atom is -0.454 e. The predicted molar refractivity (Wildman–Crippen MR) is 117 cm³/mol. The maximum Gasteiger partial charge on any atom is 0.293 e. The van der Waals surface area contributed by atoms with Gasteiger partial charge in [-0.15, -0.1) is 0 Å². The van der Waals surface area contributed by atoms with Gasteiger partial charge < -0.3 is 23.9 Å². The van der Waals surface area contributed by atoms with Crippen molar-refractivity contribution in [2.45, 2.75) is 12.1 Å². The molecular formula is C23H21ClN2O6. The maximum absolute atomic E-state index is 13.5. The lowest BCUT2D eigenvalue weighted by Crippen LogP contribution is -2.47. The molecule has 2 aromatic carbocycles. The van der Waals surface area contributed by atoms with Gasteiger partial charge in [0.15, 0.2) is 11.5 Å². The van der Waals surface area contributed by atoms with Crippen molar-refractivity contribution in [3.8, 4) is 11.5 Å². The molecule has 1 amide bonds. The summed E-state index contributed by atoms with van der Waals surface area (Å²) in [5.41, 5.74) is -2.12. The summed E-state index contributed by atoms with van der Waals surface area (Å²) in [5.74, 6) is 0.236. The first-order chi connectivity index (χ1) is 15.3. The Balaban J connectivity index is 1.73. The molecule has 0 saturated heterocycles. The number of carbonyl (C=O) groups excluding carboxylic acids is 1. The molecule has 1 aromatic heterocycles. The van der Waals surface area contributed by atoms with Crippen LogP contribution in [0.5, 0.6) is 11.5 Å². The van der Waals surface area contributed by atoms with Crippen LogP contribution in [0.15, 0.2) is 45.6 Å². The Kier molecular flexibility index (Phi) is 4.88. The molecule has 1 unspecified atom stereocenters. The number of halogens is 1. The summed E-state index contributed by atoms with van der Waals surface area (Å²) in [7, 11) is 3.85. The normalized spacial score (nSPS) is 19.3. The first kappa shape index (κ1) is 20.8. The van der Waals surface area contributed by atoms with Gasteiger partial charge in [-0.3, -0.25) is 14.5 Å². The third-order valence-electron chi connectivity index (χ3n) is 5.79. The molecule has 1 atom stereocenters.